The van der Waals surface area contributed by atoms with Gasteiger partial charge in [0.2, 0.25) is 11.7 Å². The molecule has 3 aromatic rings. The lowest BCUT2D eigenvalue weighted by molar-refractivity contribution is -0.141. The number of ketones is 1. The lowest BCUT2D eigenvalue weighted by Gasteiger charge is -2.40. The van der Waals surface area contributed by atoms with Crippen molar-refractivity contribution in [2.75, 3.05) is 26.2 Å². The van der Waals surface area contributed by atoms with Gasteiger partial charge in [0.15, 0.2) is 11.5 Å². The van der Waals surface area contributed by atoms with E-state index in [0.717, 1.165) is 17.1 Å². The third kappa shape index (κ3) is 6.14. The van der Waals surface area contributed by atoms with E-state index in [-0.39, 0.29) is 64.4 Å². The van der Waals surface area contributed by atoms with Crippen LogP contribution in [-0.2, 0) is 31.0 Å². The molecular formula is C28H28ClF3N8O3. The minimum Gasteiger partial charge on any atom is -0.339 e. The van der Waals surface area contributed by atoms with Crippen molar-refractivity contribution < 1.29 is 27.6 Å². The summed E-state index contributed by atoms with van der Waals surface area (Å²) in [5.74, 6) is -0.800. The number of alkyl halides is 3. The van der Waals surface area contributed by atoms with E-state index in [4.69, 9.17) is 22.6 Å². The number of Topliss-reactive ketones (excluding diaryl/α,β-unsaturated/α-hetero) is 1. The second-order valence-electron chi connectivity index (χ2n) is 10.7. The number of rotatable bonds is 7. The average Bonchev–Trinajstić information content (AvgIpc) is 3.54. The Morgan fingerprint density at radius 3 is 2.42 bits per heavy atom. The second-order valence-corrected chi connectivity index (χ2v) is 11.1. The summed E-state index contributed by atoms with van der Waals surface area (Å²) in [6, 6.07) is 6.45. The van der Waals surface area contributed by atoms with Crippen LogP contribution in [0.4, 0.5) is 13.2 Å². The monoisotopic (exact) mass is 616 g/mol. The fourth-order valence-electron chi connectivity index (χ4n) is 5.42. The fraction of sp³-hybridized carbons (Fsp3) is 0.429. The summed E-state index contributed by atoms with van der Waals surface area (Å²) in [5, 5.41) is 12.5. The molecule has 2 aromatic heterocycles. The summed E-state index contributed by atoms with van der Waals surface area (Å²) in [4.78, 5) is 46.3. The molecule has 15 heteroatoms. The van der Waals surface area contributed by atoms with Gasteiger partial charge in [-0.2, -0.15) is 23.5 Å². The average molecular weight is 617 g/mol. The largest absolute Gasteiger partial charge is 0.435 e. The Balaban J connectivity index is 1.25. The predicted octanol–water partition coefficient (Wildman–Crippen LogP) is 2.93. The third-order valence-electron chi connectivity index (χ3n) is 7.81. The second kappa shape index (κ2) is 11.8. The van der Waals surface area contributed by atoms with E-state index >= 15 is 0 Å². The minimum absolute atomic E-state index is 0.0110. The molecule has 0 unspecified atom stereocenters. The predicted molar refractivity (Wildman–Crippen MR) is 148 cm³/mol. The summed E-state index contributed by atoms with van der Waals surface area (Å²) in [6.07, 6.45) is -1.32. The molecule has 43 heavy (non-hydrogen) atoms. The molecule has 3 heterocycles. The Morgan fingerprint density at radius 1 is 1.14 bits per heavy atom. The van der Waals surface area contributed by atoms with E-state index < -0.39 is 17.7 Å². The number of hydrogen-bond donors (Lipinski definition) is 1. The Bertz CT molecular complexity index is 1610. The maximum Gasteiger partial charge on any atom is 0.435 e. The first-order valence-electron chi connectivity index (χ1n) is 13.6. The molecule has 2 fully saturated rings. The Hall–Kier alpha value is -4.22. The van der Waals surface area contributed by atoms with Crippen molar-refractivity contribution in [1.29, 1.82) is 5.26 Å². The molecule has 1 saturated heterocycles. The molecule has 0 spiro atoms. The maximum atomic E-state index is 13.6. The molecule has 2 N–H and O–H groups in total. The fourth-order valence-corrected chi connectivity index (χ4v) is 5.70. The molecule has 1 aliphatic heterocycles. The summed E-state index contributed by atoms with van der Waals surface area (Å²) in [5.41, 5.74) is 5.06. The molecular weight excluding hydrogens is 589 g/mol. The van der Waals surface area contributed by atoms with Crippen LogP contribution in [0.1, 0.15) is 45.1 Å². The van der Waals surface area contributed by atoms with Gasteiger partial charge in [-0.25, -0.2) is 4.98 Å². The van der Waals surface area contributed by atoms with Gasteiger partial charge in [0.1, 0.15) is 6.54 Å². The van der Waals surface area contributed by atoms with Crippen LogP contribution < -0.4 is 5.73 Å². The molecule has 0 radical (unpaired) electrons. The zero-order chi connectivity index (χ0) is 31.1. The van der Waals surface area contributed by atoms with E-state index in [9.17, 15) is 27.6 Å². The van der Waals surface area contributed by atoms with Crippen molar-refractivity contribution in [3.05, 3.63) is 58.3 Å². The summed E-state index contributed by atoms with van der Waals surface area (Å²) >= 11 is 6.44. The first-order chi connectivity index (χ1) is 20.4. The number of nitrogens with zero attached hydrogens (tertiary/aromatic N) is 7. The number of carbonyl (C=O) groups excluding carboxylic acids is 3. The van der Waals surface area contributed by atoms with E-state index in [1.54, 1.807) is 21.9 Å². The van der Waals surface area contributed by atoms with E-state index in [2.05, 4.69) is 10.1 Å². The van der Waals surface area contributed by atoms with Gasteiger partial charge in [0, 0.05) is 57.8 Å². The third-order valence-corrected chi connectivity index (χ3v) is 8.12. The smallest absolute Gasteiger partial charge is 0.339 e. The summed E-state index contributed by atoms with van der Waals surface area (Å²) < 4.78 is 43.0. The number of amides is 2. The molecule has 5 rings (SSSR count). The lowest BCUT2D eigenvalue weighted by atomic mass is 9.80. The molecule has 1 aromatic carbocycles. The van der Waals surface area contributed by atoms with Crippen molar-refractivity contribution in [3.63, 3.8) is 0 Å². The van der Waals surface area contributed by atoms with Gasteiger partial charge in [-0.3, -0.25) is 19.1 Å². The van der Waals surface area contributed by atoms with Crippen LogP contribution in [0.15, 0.2) is 30.6 Å². The van der Waals surface area contributed by atoms with Crippen LogP contribution >= 0.6 is 11.6 Å². The first kappa shape index (κ1) is 30.2. The Labute approximate surface area is 249 Å². The highest BCUT2D eigenvalue weighted by atomic mass is 35.5. The summed E-state index contributed by atoms with van der Waals surface area (Å²) in [6.45, 7) is 1.21. The highest BCUT2D eigenvalue weighted by Gasteiger charge is 2.39. The van der Waals surface area contributed by atoms with Gasteiger partial charge in [0.05, 0.1) is 34.1 Å². The highest BCUT2D eigenvalue weighted by molar-refractivity contribution is 6.34. The number of aromatic nitrogens is 4. The molecule has 11 nitrogen and oxygen atoms in total. The quantitative estimate of drug-likeness (QED) is 0.402. The Kier molecular flexibility index (Phi) is 8.31. The van der Waals surface area contributed by atoms with Gasteiger partial charge in [-0.05, 0) is 30.5 Å². The summed E-state index contributed by atoms with van der Waals surface area (Å²) in [7, 11) is 1.42. The van der Waals surface area contributed by atoms with Crippen molar-refractivity contribution >= 4 is 29.2 Å². The number of halogens is 4. The highest BCUT2D eigenvalue weighted by Crippen LogP contribution is 2.36. The zero-order valence-electron chi connectivity index (χ0n) is 23.1. The number of carbonyl (C=O) groups is 3. The van der Waals surface area contributed by atoms with Crippen LogP contribution in [0.25, 0.3) is 11.3 Å². The van der Waals surface area contributed by atoms with E-state index in [0.29, 0.717) is 44.6 Å². The number of piperazine rings is 1. The number of hydrogen-bond acceptors (Lipinski definition) is 7. The topological polar surface area (TPSA) is 143 Å². The Morgan fingerprint density at radius 2 is 1.81 bits per heavy atom. The molecule has 1 aliphatic carbocycles. The van der Waals surface area contributed by atoms with Crippen LogP contribution in [-0.4, -0.2) is 78.9 Å². The minimum atomic E-state index is -4.78. The molecule has 1 saturated carbocycles. The number of imidazole rings is 1. The van der Waals surface area contributed by atoms with Crippen LogP contribution in [0.3, 0.4) is 0 Å². The van der Waals surface area contributed by atoms with E-state index in [1.165, 1.54) is 23.7 Å². The zero-order valence-corrected chi connectivity index (χ0v) is 23.9. The van der Waals surface area contributed by atoms with Crippen molar-refractivity contribution in [1.82, 2.24) is 29.1 Å². The van der Waals surface area contributed by atoms with Gasteiger partial charge in [0.25, 0.3) is 5.91 Å². The first-order valence-corrected chi connectivity index (χ1v) is 13.9. The van der Waals surface area contributed by atoms with Gasteiger partial charge in [-0.15, -0.1) is 0 Å². The maximum absolute atomic E-state index is 13.6. The molecule has 2 aliphatic rings. The molecule has 0 atom stereocenters. The standard InChI is InChI=1S/C28H28ClF3N8O3/c1-37-22(20-15-40(5-4-33)36-24(20)28(30,31)32)14-35-25(37)23(41)11-16-2-3-19(21(29)10-16)27(43)39-8-6-38(7-9-39)26(42)17-12-18(34)13-17/h2-3,10,14-15,17-18H,5-9,11-13,34H2,1H3. The van der Waals surface area contributed by atoms with Crippen LogP contribution in [0.2, 0.25) is 5.02 Å². The van der Waals surface area contributed by atoms with Crippen molar-refractivity contribution in [2.45, 2.75) is 38.0 Å². The normalized spacial score (nSPS) is 18.7. The number of nitrogens with two attached hydrogens (primary N) is 1. The number of benzene rings is 1. The van der Waals surface area contributed by atoms with Crippen LogP contribution in [0.5, 0.6) is 0 Å². The van der Waals surface area contributed by atoms with Gasteiger partial charge >= 0.3 is 6.18 Å². The van der Waals surface area contributed by atoms with Crippen molar-refractivity contribution in [2.24, 2.45) is 18.7 Å². The number of nitriles is 1. The van der Waals surface area contributed by atoms with E-state index in [1.807, 2.05) is 0 Å². The molecule has 226 valence electrons. The van der Waals surface area contributed by atoms with Gasteiger partial charge in [-0.1, -0.05) is 17.7 Å². The van der Waals surface area contributed by atoms with Gasteiger partial charge < -0.3 is 20.1 Å². The SMILES string of the molecule is Cn1c(-c2cn(CC#N)nc2C(F)(F)F)cnc1C(=O)Cc1ccc(C(=O)N2CCN(C(=O)C3CC(N)C3)CC2)c(Cl)c1. The van der Waals surface area contributed by atoms with Crippen LogP contribution in [0, 0.1) is 17.2 Å². The van der Waals surface area contributed by atoms with Crippen molar-refractivity contribution in [3.8, 4) is 17.3 Å². The lowest BCUT2D eigenvalue weighted by Crippen LogP contribution is -2.54. The molecule has 2 amide bonds. The molecule has 0 bridgehead atoms.